The molecule has 1 atom stereocenters. The summed E-state index contributed by atoms with van der Waals surface area (Å²) >= 11 is 1.76. The molecule has 1 aromatic rings. The van der Waals surface area contributed by atoms with Crippen LogP contribution in [0.2, 0.25) is 0 Å². The zero-order valence-electron chi connectivity index (χ0n) is 9.11. The molecule has 0 saturated carbocycles. The van der Waals surface area contributed by atoms with Crippen LogP contribution in [-0.4, -0.2) is 16.9 Å². The van der Waals surface area contributed by atoms with Crippen molar-refractivity contribution in [3.8, 4) is 0 Å². The van der Waals surface area contributed by atoms with Gasteiger partial charge in [0.1, 0.15) is 0 Å². The first kappa shape index (κ1) is 11.3. The maximum absolute atomic E-state index is 11.9. The van der Waals surface area contributed by atoms with E-state index in [2.05, 4.69) is 5.32 Å². The molecule has 1 heterocycles. The van der Waals surface area contributed by atoms with Crippen LogP contribution in [0.25, 0.3) is 0 Å². The third-order valence-electron chi connectivity index (χ3n) is 2.65. The van der Waals surface area contributed by atoms with Crippen molar-refractivity contribution in [1.82, 2.24) is 0 Å². The van der Waals surface area contributed by atoms with Gasteiger partial charge in [0, 0.05) is 11.4 Å². The maximum atomic E-state index is 11.9. The molecule has 0 aliphatic carbocycles. The maximum Gasteiger partial charge on any atom is 0.237 e. The minimum absolute atomic E-state index is 0.117. The van der Waals surface area contributed by atoms with E-state index in [0.29, 0.717) is 5.69 Å². The number of hydrogen-bond donors (Lipinski definition) is 2. The predicted octanol–water partition coefficient (Wildman–Crippen LogP) is 2.49. The third-order valence-corrected chi connectivity index (χ3v) is 4.03. The lowest BCUT2D eigenvalue weighted by Gasteiger charge is -2.20. The van der Waals surface area contributed by atoms with Crippen LogP contribution in [0.5, 0.6) is 0 Å². The topological polar surface area (TPSA) is 55.1 Å². The summed E-state index contributed by atoms with van der Waals surface area (Å²) in [5, 5.41) is 3.04. The summed E-state index contributed by atoms with van der Waals surface area (Å²) in [7, 11) is 0. The molecule has 4 heteroatoms. The Kier molecular flexibility index (Phi) is 3.72. The Morgan fingerprint density at radius 1 is 1.31 bits per heavy atom. The van der Waals surface area contributed by atoms with E-state index in [4.69, 9.17) is 5.73 Å². The van der Waals surface area contributed by atoms with Gasteiger partial charge in [-0.3, -0.25) is 4.79 Å². The second kappa shape index (κ2) is 5.25. The van der Waals surface area contributed by atoms with Gasteiger partial charge in [0.25, 0.3) is 0 Å². The molecule has 0 radical (unpaired) electrons. The van der Waals surface area contributed by atoms with Gasteiger partial charge in [0.05, 0.1) is 5.25 Å². The van der Waals surface area contributed by atoms with Gasteiger partial charge >= 0.3 is 0 Å². The van der Waals surface area contributed by atoms with Crippen LogP contribution in [0.4, 0.5) is 11.4 Å². The molecule has 1 aliphatic heterocycles. The van der Waals surface area contributed by atoms with Crippen molar-refractivity contribution in [2.45, 2.75) is 24.5 Å². The van der Waals surface area contributed by atoms with Crippen LogP contribution < -0.4 is 11.1 Å². The molecule has 3 nitrogen and oxygen atoms in total. The fourth-order valence-electron chi connectivity index (χ4n) is 1.74. The molecule has 2 rings (SSSR count). The quantitative estimate of drug-likeness (QED) is 0.776. The summed E-state index contributed by atoms with van der Waals surface area (Å²) in [5.74, 6) is 1.22. The van der Waals surface area contributed by atoms with E-state index < -0.39 is 0 Å². The van der Waals surface area contributed by atoms with E-state index in [-0.39, 0.29) is 11.2 Å². The summed E-state index contributed by atoms with van der Waals surface area (Å²) in [6, 6.07) is 7.26. The van der Waals surface area contributed by atoms with Gasteiger partial charge in [-0.25, -0.2) is 0 Å². The number of nitrogens with one attached hydrogen (secondary N) is 1. The zero-order chi connectivity index (χ0) is 11.4. The van der Waals surface area contributed by atoms with Crippen LogP contribution in [-0.2, 0) is 4.79 Å². The number of rotatable bonds is 2. The average molecular weight is 236 g/mol. The summed E-state index contributed by atoms with van der Waals surface area (Å²) in [6.45, 7) is 0. The van der Waals surface area contributed by atoms with Crippen molar-refractivity contribution in [1.29, 1.82) is 0 Å². The first-order valence-electron chi connectivity index (χ1n) is 5.54. The van der Waals surface area contributed by atoms with Gasteiger partial charge in [0.2, 0.25) is 5.91 Å². The van der Waals surface area contributed by atoms with Crippen molar-refractivity contribution in [2.75, 3.05) is 16.8 Å². The fraction of sp³-hybridized carbons (Fsp3) is 0.417. The van der Waals surface area contributed by atoms with Crippen molar-refractivity contribution in [3.05, 3.63) is 24.3 Å². The second-order valence-electron chi connectivity index (χ2n) is 3.97. The normalized spacial score (nSPS) is 20.4. The Balaban J connectivity index is 1.93. The summed E-state index contributed by atoms with van der Waals surface area (Å²) in [4.78, 5) is 11.9. The van der Waals surface area contributed by atoms with Crippen LogP contribution in [0.3, 0.4) is 0 Å². The Bertz CT molecular complexity index is 358. The molecule has 0 aromatic heterocycles. The lowest BCUT2D eigenvalue weighted by atomic mass is 10.2. The Morgan fingerprint density at radius 2 is 2.06 bits per heavy atom. The Morgan fingerprint density at radius 3 is 2.69 bits per heavy atom. The molecule has 1 amide bonds. The van der Waals surface area contributed by atoms with Gasteiger partial charge < -0.3 is 11.1 Å². The lowest BCUT2D eigenvalue weighted by Crippen LogP contribution is -2.27. The van der Waals surface area contributed by atoms with Crippen molar-refractivity contribution in [2.24, 2.45) is 0 Å². The SMILES string of the molecule is Nc1ccc(NC(=O)C2CCCCS2)cc1. The minimum atomic E-state index is 0.117. The number of thioether (sulfide) groups is 1. The highest BCUT2D eigenvalue weighted by atomic mass is 32.2. The summed E-state index contributed by atoms with van der Waals surface area (Å²) in [5.41, 5.74) is 7.12. The highest BCUT2D eigenvalue weighted by molar-refractivity contribution is 8.00. The number of benzene rings is 1. The van der Waals surface area contributed by atoms with Gasteiger partial charge in [-0.1, -0.05) is 6.42 Å². The minimum Gasteiger partial charge on any atom is -0.399 e. The number of hydrogen-bond acceptors (Lipinski definition) is 3. The number of anilines is 2. The molecule has 16 heavy (non-hydrogen) atoms. The standard InChI is InChI=1S/C12H16N2OS/c13-9-4-6-10(7-5-9)14-12(15)11-3-1-2-8-16-11/h4-7,11H,1-3,8,13H2,(H,14,15). The lowest BCUT2D eigenvalue weighted by molar-refractivity contribution is -0.115. The molecular weight excluding hydrogens is 220 g/mol. The first-order valence-corrected chi connectivity index (χ1v) is 6.58. The smallest absolute Gasteiger partial charge is 0.237 e. The van der Waals surface area contributed by atoms with Crippen molar-refractivity contribution >= 4 is 29.0 Å². The van der Waals surface area contributed by atoms with E-state index in [1.54, 1.807) is 23.9 Å². The van der Waals surface area contributed by atoms with Gasteiger partial charge in [-0.2, -0.15) is 0 Å². The summed E-state index contributed by atoms with van der Waals surface area (Å²) in [6.07, 6.45) is 3.38. The number of nitrogen functional groups attached to an aromatic ring is 1. The summed E-state index contributed by atoms with van der Waals surface area (Å²) < 4.78 is 0. The Labute approximate surface area is 99.8 Å². The van der Waals surface area contributed by atoms with Crippen molar-refractivity contribution < 1.29 is 4.79 Å². The van der Waals surface area contributed by atoms with Crippen LogP contribution in [0.1, 0.15) is 19.3 Å². The van der Waals surface area contributed by atoms with E-state index in [1.807, 2.05) is 12.1 Å². The predicted molar refractivity (Wildman–Crippen MR) is 69.6 cm³/mol. The molecule has 0 spiro atoms. The van der Waals surface area contributed by atoms with Crippen LogP contribution in [0, 0.1) is 0 Å². The van der Waals surface area contributed by atoms with E-state index in [9.17, 15) is 4.79 Å². The molecule has 3 N–H and O–H groups in total. The number of amides is 1. The van der Waals surface area contributed by atoms with Gasteiger partial charge in [-0.15, -0.1) is 11.8 Å². The highest BCUT2D eigenvalue weighted by Gasteiger charge is 2.21. The molecular formula is C12H16N2OS. The average Bonchev–Trinajstić information content (AvgIpc) is 2.33. The molecule has 1 aromatic carbocycles. The number of carbonyl (C=O) groups is 1. The zero-order valence-corrected chi connectivity index (χ0v) is 9.93. The van der Waals surface area contributed by atoms with E-state index >= 15 is 0 Å². The van der Waals surface area contributed by atoms with Crippen LogP contribution in [0.15, 0.2) is 24.3 Å². The Hall–Kier alpha value is -1.16. The van der Waals surface area contributed by atoms with Crippen LogP contribution >= 0.6 is 11.8 Å². The highest BCUT2D eigenvalue weighted by Crippen LogP contribution is 2.26. The second-order valence-corrected chi connectivity index (χ2v) is 5.28. The van der Waals surface area contributed by atoms with E-state index in [0.717, 1.165) is 24.3 Å². The van der Waals surface area contributed by atoms with Gasteiger partial charge in [-0.05, 0) is 42.9 Å². The molecule has 1 fully saturated rings. The molecule has 1 aliphatic rings. The van der Waals surface area contributed by atoms with Gasteiger partial charge in [0.15, 0.2) is 0 Å². The largest absolute Gasteiger partial charge is 0.399 e. The third kappa shape index (κ3) is 2.92. The fourth-order valence-corrected chi connectivity index (χ4v) is 2.94. The molecule has 86 valence electrons. The molecule has 0 bridgehead atoms. The monoisotopic (exact) mass is 236 g/mol. The molecule has 1 unspecified atom stereocenters. The molecule has 1 saturated heterocycles. The van der Waals surface area contributed by atoms with E-state index in [1.165, 1.54) is 6.42 Å². The number of carbonyl (C=O) groups excluding carboxylic acids is 1. The van der Waals surface area contributed by atoms with Crippen molar-refractivity contribution in [3.63, 3.8) is 0 Å². The first-order chi connectivity index (χ1) is 7.75. The number of nitrogens with two attached hydrogens (primary N) is 1.